The Hall–Kier alpha value is -2.64. The number of rotatable bonds is 6. The first-order valence-corrected chi connectivity index (χ1v) is 9.82. The molecule has 140 valence electrons. The summed E-state index contributed by atoms with van der Waals surface area (Å²) in [5, 5.41) is 14.8. The van der Waals surface area contributed by atoms with Crippen LogP contribution in [-0.4, -0.2) is 17.5 Å². The molecule has 4 heteroatoms. The van der Waals surface area contributed by atoms with Crippen LogP contribution in [0.15, 0.2) is 60.7 Å². The second-order valence-corrected chi connectivity index (χ2v) is 7.52. The highest BCUT2D eigenvalue weighted by atomic mass is 16.2. The largest absolute Gasteiger partial charge is 0.333 e. The summed E-state index contributed by atoms with van der Waals surface area (Å²) >= 11 is 0. The van der Waals surface area contributed by atoms with Crippen molar-refractivity contribution in [3.05, 3.63) is 71.8 Å². The number of amides is 1. The highest BCUT2D eigenvalue weighted by Crippen LogP contribution is 2.27. The maximum absolute atomic E-state index is 12.9. The van der Waals surface area contributed by atoms with E-state index in [9.17, 15) is 10.1 Å². The van der Waals surface area contributed by atoms with E-state index < -0.39 is 5.54 Å². The molecule has 0 bridgehead atoms. The molecule has 1 aliphatic rings. The molecular formula is C23H28N3O+. The Morgan fingerprint density at radius 3 is 2.00 bits per heavy atom. The molecule has 1 saturated carbocycles. The van der Waals surface area contributed by atoms with E-state index in [1.165, 1.54) is 0 Å². The number of hydrogen-bond donors (Lipinski definition) is 2. The topological polar surface area (TPSA) is 69.5 Å². The summed E-state index contributed by atoms with van der Waals surface area (Å²) in [6.45, 7) is 1.92. The Balaban J connectivity index is 1.75. The van der Waals surface area contributed by atoms with Crippen molar-refractivity contribution in [2.24, 2.45) is 0 Å². The molecule has 0 radical (unpaired) electrons. The van der Waals surface area contributed by atoms with Gasteiger partial charge in [-0.05, 0) is 19.8 Å². The van der Waals surface area contributed by atoms with Crippen LogP contribution in [0.25, 0.3) is 0 Å². The highest BCUT2D eigenvalue weighted by molar-refractivity contribution is 5.81. The normalized spacial score (nSPS) is 17.1. The van der Waals surface area contributed by atoms with E-state index in [1.807, 2.05) is 43.3 Å². The predicted octanol–water partition coefficient (Wildman–Crippen LogP) is 3.07. The molecule has 0 unspecified atom stereocenters. The van der Waals surface area contributed by atoms with Gasteiger partial charge in [-0.15, -0.1) is 0 Å². The van der Waals surface area contributed by atoms with Gasteiger partial charge in [-0.1, -0.05) is 79.9 Å². The van der Waals surface area contributed by atoms with Gasteiger partial charge in [0.25, 0.3) is 5.91 Å². The second kappa shape index (κ2) is 8.83. The van der Waals surface area contributed by atoms with Crippen LogP contribution >= 0.6 is 0 Å². The summed E-state index contributed by atoms with van der Waals surface area (Å²) in [5.74, 6) is -0.0599. The van der Waals surface area contributed by atoms with Gasteiger partial charge in [0, 0.05) is 11.1 Å². The van der Waals surface area contributed by atoms with Gasteiger partial charge in [0.15, 0.2) is 6.04 Å². The van der Waals surface area contributed by atoms with Crippen molar-refractivity contribution < 1.29 is 10.1 Å². The number of carbonyl (C=O) groups excluding carboxylic acids is 1. The van der Waals surface area contributed by atoms with Crippen LogP contribution in [-0.2, 0) is 4.79 Å². The number of hydrogen-bond acceptors (Lipinski definition) is 2. The summed E-state index contributed by atoms with van der Waals surface area (Å²) in [5.41, 5.74) is 1.64. The van der Waals surface area contributed by atoms with Crippen LogP contribution in [0.3, 0.4) is 0 Å². The lowest BCUT2D eigenvalue weighted by Crippen LogP contribution is -2.93. The zero-order valence-electron chi connectivity index (χ0n) is 15.9. The SMILES string of the molecule is C[C@H]([NH2+]C(c1ccccc1)c1ccccc1)C(=O)NC1(C#N)CCCCC1. The highest BCUT2D eigenvalue weighted by Gasteiger charge is 2.36. The molecule has 0 aliphatic heterocycles. The summed E-state index contributed by atoms with van der Waals surface area (Å²) < 4.78 is 0. The molecule has 0 aromatic heterocycles. The van der Waals surface area contributed by atoms with Crippen LogP contribution in [0, 0.1) is 11.3 Å². The van der Waals surface area contributed by atoms with Gasteiger partial charge in [-0.3, -0.25) is 4.79 Å². The first kappa shape index (κ1) is 19.1. The van der Waals surface area contributed by atoms with Crippen LogP contribution in [0.5, 0.6) is 0 Å². The van der Waals surface area contributed by atoms with E-state index in [0.29, 0.717) is 0 Å². The van der Waals surface area contributed by atoms with Gasteiger partial charge >= 0.3 is 0 Å². The van der Waals surface area contributed by atoms with Crippen molar-refractivity contribution >= 4 is 5.91 Å². The molecule has 2 aromatic carbocycles. The van der Waals surface area contributed by atoms with Gasteiger partial charge in [0.2, 0.25) is 0 Å². The van der Waals surface area contributed by atoms with Crippen molar-refractivity contribution in [2.75, 3.05) is 0 Å². The summed E-state index contributed by atoms with van der Waals surface area (Å²) in [7, 11) is 0. The lowest BCUT2D eigenvalue weighted by atomic mass is 9.82. The zero-order chi connectivity index (χ0) is 19.1. The Bertz CT molecular complexity index is 737. The van der Waals surface area contributed by atoms with Gasteiger partial charge in [-0.2, -0.15) is 5.26 Å². The van der Waals surface area contributed by atoms with Crippen LogP contribution in [0.4, 0.5) is 0 Å². The Labute approximate surface area is 161 Å². The van der Waals surface area contributed by atoms with Crippen molar-refractivity contribution in [1.82, 2.24) is 5.32 Å². The van der Waals surface area contributed by atoms with E-state index in [1.54, 1.807) is 0 Å². The fraction of sp³-hybridized carbons (Fsp3) is 0.391. The fourth-order valence-electron chi connectivity index (χ4n) is 3.88. The number of nitrogens with one attached hydrogen (secondary N) is 1. The number of quaternary nitrogens is 1. The lowest BCUT2D eigenvalue weighted by Gasteiger charge is -2.32. The van der Waals surface area contributed by atoms with Crippen LogP contribution in [0.2, 0.25) is 0 Å². The van der Waals surface area contributed by atoms with Crippen molar-refractivity contribution in [3.63, 3.8) is 0 Å². The van der Waals surface area contributed by atoms with Crippen LogP contribution < -0.4 is 10.6 Å². The third-order valence-electron chi connectivity index (χ3n) is 5.50. The van der Waals surface area contributed by atoms with Crippen LogP contribution in [0.1, 0.15) is 56.2 Å². The maximum Gasteiger partial charge on any atom is 0.279 e. The molecule has 3 N–H and O–H groups in total. The summed E-state index contributed by atoms with van der Waals surface area (Å²) in [4.78, 5) is 12.9. The molecule has 4 nitrogen and oxygen atoms in total. The van der Waals surface area contributed by atoms with Gasteiger partial charge < -0.3 is 10.6 Å². The number of nitrogens with two attached hydrogens (primary N) is 1. The summed E-state index contributed by atoms with van der Waals surface area (Å²) in [6.07, 6.45) is 4.65. The van der Waals surface area contributed by atoms with E-state index in [4.69, 9.17) is 0 Å². The molecule has 1 aliphatic carbocycles. The monoisotopic (exact) mass is 362 g/mol. The first-order chi connectivity index (χ1) is 13.1. The quantitative estimate of drug-likeness (QED) is 0.829. The lowest BCUT2D eigenvalue weighted by molar-refractivity contribution is -0.704. The molecule has 1 atom stereocenters. The Kier molecular flexibility index (Phi) is 6.26. The number of carbonyl (C=O) groups is 1. The van der Waals surface area contributed by atoms with Gasteiger partial charge in [-0.25, -0.2) is 0 Å². The molecule has 3 rings (SSSR count). The number of nitrogens with zero attached hydrogens (tertiary/aromatic N) is 1. The molecule has 0 spiro atoms. The predicted molar refractivity (Wildman–Crippen MR) is 106 cm³/mol. The second-order valence-electron chi connectivity index (χ2n) is 7.52. The Morgan fingerprint density at radius 2 is 1.52 bits per heavy atom. The van der Waals surface area contributed by atoms with Gasteiger partial charge in [0.05, 0.1) is 6.07 Å². The van der Waals surface area contributed by atoms with Crippen molar-refractivity contribution in [2.45, 2.75) is 56.7 Å². The first-order valence-electron chi connectivity index (χ1n) is 9.82. The third-order valence-corrected chi connectivity index (χ3v) is 5.50. The maximum atomic E-state index is 12.9. The van der Waals surface area contributed by atoms with E-state index in [-0.39, 0.29) is 18.0 Å². The smallest absolute Gasteiger partial charge is 0.279 e. The molecule has 0 saturated heterocycles. The Morgan fingerprint density at radius 1 is 1.00 bits per heavy atom. The standard InChI is InChI=1S/C23H27N3O/c1-18(22(27)26-23(17-24)15-9-4-10-16-23)25-21(19-11-5-2-6-12-19)20-13-7-3-8-14-20/h2-3,5-8,11-14,18,21,25H,4,9-10,15-16H2,1H3,(H,26,27)/p+1/t18-/m0/s1. The van der Waals surface area contributed by atoms with Gasteiger partial charge in [0.1, 0.15) is 11.6 Å². The van der Waals surface area contributed by atoms with E-state index in [0.717, 1.165) is 43.2 Å². The fourth-order valence-corrected chi connectivity index (χ4v) is 3.88. The molecular weight excluding hydrogens is 334 g/mol. The third kappa shape index (κ3) is 4.75. The average molecular weight is 362 g/mol. The van der Waals surface area contributed by atoms with E-state index >= 15 is 0 Å². The summed E-state index contributed by atoms with van der Waals surface area (Å²) in [6, 6.07) is 22.6. The molecule has 1 fully saturated rings. The molecule has 2 aromatic rings. The van der Waals surface area contributed by atoms with E-state index in [2.05, 4.69) is 41.0 Å². The molecule has 1 amide bonds. The van der Waals surface area contributed by atoms with Crippen molar-refractivity contribution in [3.8, 4) is 6.07 Å². The number of nitriles is 1. The average Bonchev–Trinajstić information content (AvgIpc) is 2.73. The molecule has 27 heavy (non-hydrogen) atoms. The minimum Gasteiger partial charge on any atom is -0.333 e. The van der Waals surface area contributed by atoms with Crippen molar-refractivity contribution in [1.29, 1.82) is 5.26 Å². The minimum absolute atomic E-state index is 0.0394. The number of benzene rings is 2. The zero-order valence-corrected chi connectivity index (χ0v) is 15.9. The molecule has 0 heterocycles. The minimum atomic E-state index is -0.688.